The van der Waals surface area contributed by atoms with Crippen molar-refractivity contribution in [3.63, 3.8) is 0 Å². The van der Waals surface area contributed by atoms with Crippen molar-refractivity contribution in [2.75, 3.05) is 0 Å². The molecule has 1 heterocycles. The molecule has 2 nitrogen and oxygen atoms in total. The van der Waals surface area contributed by atoms with Crippen LogP contribution in [0.4, 0.5) is 0 Å². The first-order valence-electron chi connectivity index (χ1n) is 7.06. The number of rotatable bonds is 1. The standard InChI is InChI=1S/C18H20N2/c1-18(2,3)20-13-15-11-7-8-12-16(15)17(19-20)14-9-5-4-6-10-14/h4-12H,13H2,1-3H3. The predicted molar refractivity (Wildman–Crippen MR) is 83.8 cm³/mol. The first-order chi connectivity index (χ1) is 9.55. The number of hydrogen-bond donors (Lipinski definition) is 0. The molecule has 2 aromatic rings. The number of hydrazone groups is 1. The van der Waals surface area contributed by atoms with Crippen LogP contribution in [0.3, 0.4) is 0 Å². The Labute approximate surface area is 120 Å². The number of benzene rings is 2. The average Bonchev–Trinajstić information content (AvgIpc) is 2.46. The molecule has 1 aliphatic heterocycles. The predicted octanol–water partition coefficient (Wildman–Crippen LogP) is 4.05. The van der Waals surface area contributed by atoms with Crippen LogP contribution < -0.4 is 0 Å². The van der Waals surface area contributed by atoms with Crippen molar-refractivity contribution in [2.24, 2.45) is 5.10 Å². The molecule has 3 rings (SSSR count). The van der Waals surface area contributed by atoms with Crippen molar-refractivity contribution in [3.05, 3.63) is 71.3 Å². The quantitative estimate of drug-likeness (QED) is 0.758. The zero-order valence-corrected chi connectivity index (χ0v) is 12.3. The molecular formula is C18H20N2. The lowest BCUT2D eigenvalue weighted by Gasteiger charge is -2.37. The van der Waals surface area contributed by atoms with Crippen LogP contribution >= 0.6 is 0 Å². The fraction of sp³-hybridized carbons (Fsp3) is 0.278. The minimum absolute atomic E-state index is 0.0214. The molecule has 0 N–H and O–H groups in total. The lowest BCUT2D eigenvalue weighted by atomic mass is 9.95. The molecule has 2 aromatic carbocycles. The lowest BCUT2D eigenvalue weighted by molar-refractivity contribution is 0.131. The summed E-state index contributed by atoms with van der Waals surface area (Å²) in [7, 11) is 0. The summed E-state index contributed by atoms with van der Waals surface area (Å²) in [6, 6.07) is 19.0. The van der Waals surface area contributed by atoms with Crippen LogP contribution in [0, 0.1) is 0 Å². The molecule has 0 radical (unpaired) electrons. The Balaban J connectivity index is 2.15. The van der Waals surface area contributed by atoms with Gasteiger partial charge in [-0.25, -0.2) is 0 Å². The molecule has 0 spiro atoms. The van der Waals surface area contributed by atoms with Crippen LogP contribution in [0.2, 0.25) is 0 Å². The summed E-state index contributed by atoms with van der Waals surface area (Å²) < 4.78 is 0. The number of nitrogens with zero attached hydrogens (tertiary/aromatic N) is 2. The summed E-state index contributed by atoms with van der Waals surface area (Å²) in [4.78, 5) is 0. The molecule has 0 saturated carbocycles. The van der Waals surface area contributed by atoms with Crippen LogP contribution in [0.5, 0.6) is 0 Å². The van der Waals surface area contributed by atoms with Gasteiger partial charge in [0.25, 0.3) is 0 Å². The second kappa shape index (κ2) is 4.78. The van der Waals surface area contributed by atoms with E-state index in [9.17, 15) is 0 Å². The van der Waals surface area contributed by atoms with Gasteiger partial charge in [-0.05, 0) is 26.3 Å². The van der Waals surface area contributed by atoms with Gasteiger partial charge in [-0.15, -0.1) is 0 Å². The van der Waals surface area contributed by atoms with Crippen LogP contribution in [0.25, 0.3) is 0 Å². The summed E-state index contributed by atoms with van der Waals surface area (Å²) in [6.45, 7) is 7.48. The van der Waals surface area contributed by atoms with Crippen LogP contribution in [0.1, 0.15) is 37.5 Å². The van der Waals surface area contributed by atoms with Gasteiger partial charge < -0.3 is 0 Å². The van der Waals surface area contributed by atoms with Crippen molar-refractivity contribution in [2.45, 2.75) is 32.9 Å². The average molecular weight is 264 g/mol. The SMILES string of the molecule is CC(C)(C)N1Cc2ccccc2C(c2ccccc2)=N1. The van der Waals surface area contributed by atoms with E-state index in [1.165, 1.54) is 16.7 Å². The molecule has 102 valence electrons. The van der Waals surface area contributed by atoms with E-state index < -0.39 is 0 Å². The van der Waals surface area contributed by atoms with Crippen molar-refractivity contribution in [1.82, 2.24) is 5.01 Å². The second-order valence-electron chi connectivity index (χ2n) is 6.20. The van der Waals surface area contributed by atoms with Crippen molar-refractivity contribution in [1.29, 1.82) is 0 Å². The smallest absolute Gasteiger partial charge is 0.0979 e. The zero-order chi connectivity index (χ0) is 14.2. The van der Waals surface area contributed by atoms with Crippen molar-refractivity contribution >= 4 is 5.71 Å². The molecule has 20 heavy (non-hydrogen) atoms. The summed E-state index contributed by atoms with van der Waals surface area (Å²) in [5.41, 5.74) is 4.86. The Morgan fingerprint density at radius 2 is 1.55 bits per heavy atom. The number of fused-ring (bicyclic) bond motifs is 1. The largest absolute Gasteiger partial charge is 0.287 e. The molecular weight excluding hydrogens is 244 g/mol. The first kappa shape index (κ1) is 12.9. The van der Waals surface area contributed by atoms with Crippen molar-refractivity contribution in [3.8, 4) is 0 Å². The van der Waals surface area contributed by atoms with Gasteiger partial charge >= 0.3 is 0 Å². The summed E-state index contributed by atoms with van der Waals surface area (Å²) in [5, 5.41) is 7.09. The molecule has 0 amide bonds. The maximum absolute atomic E-state index is 4.91. The van der Waals surface area contributed by atoms with Crippen LogP contribution in [-0.2, 0) is 6.54 Å². The molecule has 0 aromatic heterocycles. The molecule has 2 heteroatoms. The van der Waals surface area contributed by atoms with E-state index in [0.29, 0.717) is 0 Å². The highest BCUT2D eigenvalue weighted by molar-refractivity contribution is 6.14. The molecule has 0 aliphatic carbocycles. The molecule has 1 aliphatic rings. The third-order valence-corrected chi connectivity index (χ3v) is 3.63. The van der Waals surface area contributed by atoms with E-state index in [1.54, 1.807) is 0 Å². The Morgan fingerprint density at radius 3 is 2.25 bits per heavy atom. The van der Waals surface area contributed by atoms with Gasteiger partial charge in [0.15, 0.2) is 0 Å². The van der Waals surface area contributed by atoms with Crippen molar-refractivity contribution < 1.29 is 0 Å². The Kier molecular flexibility index (Phi) is 3.09. The lowest BCUT2D eigenvalue weighted by Crippen LogP contribution is -2.40. The van der Waals surface area contributed by atoms with E-state index in [0.717, 1.165) is 12.3 Å². The highest BCUT2D eigenvalue weighted by Gasteiger charge is 2.26. The monoisotopic (exact) mass is 264 g/mol. The fourth-order valence-electron chi connectivity index (χ4n) is 2.46. The molecule has 0 fully saturated rings. The highest BCUT2D eigenvalue weighted by Crippen LogP contribution is 2.27. The van der Waals surface area contributed by atoms with Gasteiger partial charge in [0, 0.05) is 16.7 Å². The normalized spacial score (nSPS) is 14.8. The van der Waals surface area contributed by atoms with E-state index >= 15 is 0 Å². The number of hydrogen-bond acceptors (Lipinski definition) is 2. The van der Waals surface area contributed by atoms with Gasteiger partial charge in [-0.2, -0.15) is 5.10 Å². The molecule has 0 bridgehead atoms. The minimum atomic E-state index is 0.0214. The Bertz CT molecular complexity index is 636. The highest BCUT2D eigenvalue weighted by atomic mass is 15.5. The third-order valence-electron chi connectivity index (χ3n) is 3.63. The van der Waals surface area contributed by atoms with E-state index in [1.807, 2.05) is 6.07 Å². The molecule has 0 saturated heterocycles. The summed E-state index contributed by atoms with van der Waals surface area (Å²) in [5.74, 6) is 0. The van der Waals surface area contributed by atoms with E-state index in [-0.39, 0.29) is 5.54 Å². The molecule has 0 atom stereocenters. The Hall–Kier alpha value is -2.09. The summed E-state index contributed by atoms with van der Waals surface area (Å²) in [6.07, 6.45) is 0. The maximum Gasteiger partial charge on any atom is 0.0979 e. The maximum atomic E-state index is 4.91. The third kappa shape index (κ3) is 2.34. The topological polar surface area (TPSA) is 15.6 Å². The van der Waals surface area contributed by atoms with Gasteiger partial charge in [-0.3, -0.25) is 5.01 Å². The van der Waals surface area contributed by atoms with Crippen LogP contribution in [-0.4, -0.2) is 16.3 Å². The van der Waals surface area contributed by atoms with Gasteiger partial charge in [0.05, 0.1) is 12.3 Å². The Morgan fingerprint density at radius 1 is 0.900 bits per heavy atom. The van der Waals surface area contributed by atoms with E-state index in [4.69, 9.17) is 5.10 Å². The van der Waals surface area contributed by atoms with Gasteiger partial charge in [-0.1, -0.05) is 54.6 Å². The first-order valence-corrected chi connectivity index (χ1v) is 7.06. The van der Waals surface area contributed by atoms with Gasteiger partial charge in [0.1, 0.15) is 0 Å². The molecule has 0 unspecified atom stereocenters. The summed E-state index contributed by atoms with van der Waals surface area (Å²) >= 11 is 0. The second-order valence-corrected chi connectivity index (χ2v) is 6.20. The minimum Gasteiger partial charge on any atom is -0.287 e. The fourth-order valence-corrected chi connectivity index (χ4v) is 2.46. The van der Waals surface area contributed by atoms with Crippen LogP contribution in [0.15, 0.2) is 59.7 Å². The van der Waals surface area contributed by atoms with Gasteiger partial charge in [0.2, 0.25) is 0 Å². The zero-order valence-electron chi connectivity index (χ0n) is 12.3. The van der Waals surface area contributed by atoms with E-state index in [2.05, 4.69) is 74.3 Å².